The zero-order chi connectivity index (χ0) is 20.3. The molecular weight excluding hydrogens is 398 g/mol. The molecule has 2 aliphatic rings. The number of anilines is 2. The van der Waals surface area contributed by atoms with E-state index in [0.29, 0.717) is 18.8 Å². The molecule has 2 saturated heterocycles. The van der Waals surface area contributed by atoms with E-state index >= 15 is 0 Å². The van der Waals surface area contributed by atoms with Crippen LogP contribution in [0, 0.1) is 0 Å². The largest absolute Gasteiger partial charge is 0.353 e. The Morgan fingerprint density at radius 2 is 1.63 bits per heavy atom. The fourth-order valence-electron chi connectivity index (χ4n) is 4.08. The second-order valence-electron chi connectivity index (χ2n) is 7.65. The topological polar surface area (TPSA) is 70.4 Å². The van der Waals surface area contributed by atoms with Gasteiger partial charge in [-0.2, -0.15) is 0 Å². The minimum Gasteiger partial charge on any atom is -0.353 e. The van der Waals surface area contributed by atoms with Crippen LogP contribution in [0.1, 0.15) is 29.8 Å². The molecule has 0 atom stereocenters. The molecule has 0 saturated carbocycles. The van der Waals surface area contributed by atoms with Crippen molar-refractivity contribution < 1.29 is 4.79 Å². The summed E-state index contributed by atoms with van der Waals surface area (Å²) in [6, 6.07) is 9.70. The van der Waals surface area contributed by atoms with Gasteiger partial charge in [0.2, 0.25) is 10.3 Å². The molecule has 0 bridgehead atoms. The van der Waals surface area contributed by atoms with Gasteiger partial charge in [0.1, 0.15) is 11.5 Å². The van der Waals surface area contributed by atoms with Gasteiger partial charge >= 0.3 is 0 Å². The average molecular weight is 424 g/mol. The predicted molar refractivity (Wildman–Crippen MR) is 118 cm³/mol. The van der Waals surface area contributed by atoms with Crippen LogP contribution >= 0.6 is 11.3 Å². The second kappa shape index (κ2) is 8.43. The smallest absolute Gasteiger partial charge is 0.271 e. The summed E-state index contributed by atoms with van der Waals surface area (Å²) in [4.78, 5) is 24.1. The summed E-state index contributed by atoms with van der Waals surface area (Å²) in [5.41, 5.74) is 0.641. The van der Waals surface area contributed by atoms with Gasteiger partial charge in [0.25, 0.3) is 5.91 Å². The quantitative estimate of drug-likeness (QED) is 0.643. The normalized spacial score (nSPS) is 17.4. The number of carbonyl (C=O) groups is 1. The van der Waals surface area contributed by atoms with Crippen molar-refractivity contribution in [3.05, 3.63) is 48.4 Å². The van der Waals surface area contributed by atoms with Gasteiger partial charge in [0.15, 0.2) is 0 Å². The highest BCUT2D eigenvalue weighted by atomic mass is 32.1. The molecule has 5 rings (SSSR count). The molecule has 0 aliphatic carbocycles. The van der Waals surface area contributed by atoms with Gasteiger partial charge in [-0.1, -0.05) is 17.4 Å². The van der Waals surface area contributed by atoms with Crippen LogP contribution in [0.15, 0.2) is 42.7 Å². The molecule has 8 nitrogen and oxygen atoms in total. The van der Waals surface area contributed by atoms with Crippen molar-refractivity contribution in [1.82, 2.24) is 24.6 Å². The fourth-order valence-corrected chi connectivity index (χ4v) is 4.98. The molecule has 3 aromatic heterocycles. The molecule has 2 fully saturated rings. The van der Waals surface area contributed by atoms with Gasteiger partial charge in [-0.05, 0) is 43.5 Å². The first-order valence-electron chi connectivity index (χ1n) is 10.5. The number of piperazine rings is 1. The Kier molecular flexibility index (Phi) is 5.35. The number of aromatic nitrogens is 4. The molecule has 0 N–H and O–H groups in total. The number of pyridine rings is 1. The molecule has 1 amide bonds. The predicted octanol–water partition coefficient (Wildman–Crippen LogP) is 2.68. The summed E-state index contributed by atoms with van der Waals surface area (Å²) in [7, 11) is 0. The van der Waals surface area contributed by atoms with Crippen molar-refractivity contribution in [1.29, 1.82) is 0 Å². The van der Waals surface area contributed by atoms with E-state index in [9.17, 15) is 4.79 Å². The van der Waals surface area contributed by atoms with Gasteiger partial charge in [0.05, 0.1) is 0 Å². The first-order valence-corrected chi connectivity index (χ1v) is 11.3. The van der Waals surface area contributed by atoms with Crippen molar-refractivity contribution in [3.8, 4) is 5.13 Å². The van der Waals surface area contributed by atoms with Crippen molar-refractivity contribution in [2.24, 2.45) is 0 Å². The van der Waals surface area contributed by atoms with Gasteiger partial charge in [-0.25, -0.2) is 4.98 Å². The molecule has 0 unspecified atom stereocenters. The van der Waals surface area contributed by atoms with Crippen LogP contribution in [0.2, 0.25) is 0 Å². The molecule has 9 heteroatoms. The summed E-state index contributed by atoms with van der Waals surface area (Å²) in [6.45, 7) is 4.98. The van der Waals surface area contributed by atoms with Gasteiger partial charge in [-0.15, -0.1) is 10.2 Å². The Hall–Kier alpha value is -2.94. The second-order valence-corrected chi connectivity index (χ2v) is 8.58. The Morgan fingerprint density at radius 1 is 0.833 bits per heavy atom. The van der Waals surface area contributed by atoms with Crippen LogP contribution in [0.25, 0.3) is 5.13 Å². The molecular formula is C21H25N7OS. The number of amides is 1. The number of hydrogen-bond acceptors (Lipinski definition) is 7. The third-order valence-corrected chi connectivity index (χ3v) is 6.73. The monoisotopic (exact) mass is 423 g/mol. The zero-order valence-corrected chi connectivity index (χ0v) is 17.7. The van der Waals surface area contributed by atoms with E-state index in [1.807, 2.05) is 46.0 Å². The lowest BCUT2D eigenvalue weighted by molar-refractivity contribution is 0.0738. The highest BCUT2D eigenvalue weighted by Crippen LogP contribution is 2.27. The first kappa shape index (κ1) is 19.0. The lowest BCUT2D eigenvalue weighted by atomic mass is 10.1. The lowest BCUT2D eigenvalue weighted by Crippen LogP contribution is -2.49. The third kappa shape index (κ3) is 3.77. The number of nitrogens with zero attached hydrogens (tertiary/aromatic N) is 7. The average Bonchev–Trinajstić information content (AvgIpc) is 3.50. The van der Waals surface area contributed by atoms with E-state index in [1.54, 1.807) is 17.5 Å². The van der Waals surface area contributed by atoms with Crippen molar-refractivity contribution in [3.63, 3.8) is 0 Å². The Balaban J connectivity index is 1.28. The highest BCUT2D eigenvalue weighted by Gasteiger charge is 2.26. The molecule has 0 aromatic carbocycles. The van der Waals surface area contributed by atoms with Crippen molar-refractivity contribution >= 4 is 28.2 Å². The summed E-state index contributed by atoms with van der Waals surface area (Å²) < 4.78 is 1.87. The first-order chi connectivity index (χ1) is 14.8. The number of hydrogen-bond donors (Lipinski definition) is 0. The molecule has 2 aliphatic heterocycles. The lowest BCUT2D eigenvalue weighted by Gasteiger charge is -2.35. The molecule has 0 radical (unpaired) electrons. The van der Waals surface area contributed by atoms with Crippen LogP contribution < -0.4 is 9.80 Å². The van der Waals surface area contributed by atoms with Crippen LogP contribution in [0.4, 0.5) is 10.9 Å². The molecule has 3 aromatic rings. The SMILES string of the molecule is O=C(c1cccn1-c1nnc(N2CCCCC2)s1)N1CCN(c2ccccn2)CC1. The van der Waals surface area contributed by atoms with E-state index in [-0.39, 0.29) is 5.91 Å². The summed E-state index contributed by atoms with van der Waals surface area (Å²) in [6.07, 6.45) is 7.39. The molecule has 30 heavy (non-hydrogen) atoms. The third-order valence-electron chi connectivity index (χ3n) is 5.74. The highest BCUT2D eigenvalue weighted by molar-refractivity contribution is 7.17. The van der Waals surface area contributed by atoms with Gasteiger partial charge < -0.3 is 14.7 Å². The van der Waals surface area contributed by atoms with Gasteiger partial charge in [0, 0.05) is 51.7 Å². The van der Waals surface area contributed by atoms with Crippen LogP contribution in [-0.2, 0) is 0 Å². The van der Waals surface area contributed by atoms with Crippen molar-refractivity contribution in [2.75, 3.05) is 49.1 Å². The maximum atomic E-state index is 13.2. The minimum absolute atomic E-state index is 0.0374. The minimum atomic E-state index is 0.0374. The fraction of sp³-hybridized carbons (Fsp3) is 0.429. The maximum absolute atomic E-state index is 13.2. The zero-order valence-electron chi connectivity index (χ0n) is 16.9. The number of piperidine rings is 1. The van der Waals surface area contributed by atoms with E-state index in [2.05, 4.69) is 25.0 Å². The van der Waals surface area contributed by atoms with E-state index in [4.69, 9.17) is 0 Å². The molecule has 0 spiro atoms. The number of carbonyl (C=O) groups excluding carboxylic acids is 1. The molecule has 156 valence electrons. The summed E-state index contributed by atoms with van der Waals surface area (Å²) >= 11 is 1.55. The Bertz CT molecular complexity index is 988. The van der Waals surface area contributed by atoms with E-state index in [1.165, 1.54) is 19.3 Å². The summed E-state index contributed by atoms with van der Waals surface area (Å²) in [5, 5.41) is 10.5. The Morgan fingerprint density at radius 3 is 2.40 bits per heavy atom. The van der Waals surface area contributed by atoms with E-state index < -0.39 is 0 Å². The van der Waals surface area contributed by atoms with E-state index in [0.717, 1.165) is 42.3 Å². The van der Waals surface area contributed by atoms with Crippen LogP contribution in [-0.4, -0.2) is 69.8 Å². The Labute approximate surface area is 179 Å². The maximum Gasteiger partial charge on any atom is 0.271 e. The standard InChI is InChI=1S/C21H25N7OS/c29-19(26-15-13-25(14-16-26)18-8-2-3-9-22-18)17-7-6-12-28(17)21-24-23-20(30-21)27-10-4-1-5-11-27/h2-3,6-9,12H,1,4-5,10-11,13-16H2. The molecule has 5 heterocycles. The number of rotatable bonds is 4. The van der Waals surface area contributed by atoms with Crippen molar-refractivity contribution in [2.45, 2.75) is 19.3 Å². The summed E-state index contributed by atoms with van der Waals surface area (Å²) in [5.74, 6) is 1.00. The van der Waals surface area contributed by atoms with Crippen LogP contribution in [0.5, 0.6) is 0 Å². The van der Waals surface area contributed by atoms with Crippen LogP contribution in [0.3, 0.4) is 0 Å². The van der Waals surface area contributed by atoms with Gasteiger partial charge in [-0.3, -0.25) is 9.36 Å².